The molecule has 2 heterocycles. The number of nitro benzene ring substituents is 1. The van der Waals surface area contributed by atoms with Gasteiger partial charge >= 0.3 is 0 Å². The molecule has 1 aromatic carbocycles. The number of amides is 1. The molecule has 2 aliphatic heterocycles. The van der Waals surface area contributed by atoms with E-state index in [0.717, 1.165) is 31.6 Å². The summed E-state index contributed by atoms with van der Waals surface area (Å²) in [5, 5.41) is 14.3. The van der Waals surface area contributed by atoms with E-state index >= 15 is 0 Å². The molecule has 0 aromatic heterocycles. The number of anilines is 1. The zero-order chi connectivity index (χ0) is 14.1. The van der Waals surface area contributed by atoms with Crippen molar-refractivity contribution in [2.45, 2.75) is 19.3 Å². The molecular formula is C14H18ClN3O3. The first-order valence-electron chi connectivity index (χ1n) is 6.97. The van der Waals surface area contributed by atoms with E-state index in [1.54, 1.807) is 11.0 Å². The van der Waals surface area contributed by atoms with Crippen LogP contribution in [0.2, 0.25) is 0 Å². The molecule has 0 aliphatic carbocycles. The van der Waals surface area contributed by atoms with Crippen LogP contribution in [-0.2, 0) is 11.2 Å². The van der Waals surface area contributed by atoms with Gasteiger partial charge in [0.25, 0.3) is 5.69 Å². The Hall–Kier alpha value is -1.66. The van der Waals surface area contributed by atoms with Gasteiger partial charge in [0.05, 0.1) is 16.2 Å². The first-order chi connectivity index (χ1) is 9.68. The lowest BCUT2D eigenvalue weighted by Crippen LogP contribution is -2.40. The van der Waals surface area contributed by atoms with Crippen molar-refractivity contribution in [2.24, 2.45) is 5.92 Å². The first kappa shape index (κ1) is 15.7. The second-order valence-corrected chi connectivity index (χ2v) is 5.30. The number of benzene rings is 1. The molecule has 6 nitrogen and oxygen atoms in total. The smallest absolute Gasteiger partial charge is 0.274 e. The van der Waals surface area contributed by atoms with Crippen molar-refractivity contribution in [1.82, 2.24) is 5.32 Å². The molecule has 0 radical (unpaired) electrons. The van der Waals surface area contributed by atoms with Gasteiger partial charge in [-0.1, -0.05) is 6.07 Å². The summed E-state index contributed by atoms with van der Waals surface area (Å²) in [7, 11) is 0. The monoisotopic (exact) mass is 311 g/mol. The van der Waals surface area contributed by atoms with Gasteiger partial charge < -0.3 is 10.2 Å². The lowest BCUT2D eigenvalue weighted by molar-refractivity contribution is -0.385. The molecule has 1 saturated heterocycles. The highest BCUT2D eigenvalue weighted by molar-refractivity contribution is 5.97. The van der Waals surface area contributed by atoms with Crippen LogP contribution >= 0.6 is 12.4 Å². The highest BCUT2D eigenvalue weighted by Crippen LogP contribution is 2.36. The Balaban J connectivity index is 0.00000161. The van der Waals surface area contributed by atoms with E-state index in [1.807, 2.05) is 6.07 Å². The number of carbonyl (C=O) groups is 1. The third kappa shape index (κ3) is 2.87. The third-order valence-electron chi connectivity index (χ3n) is 4.15. The molecule has 1 aromatic rings. The zero-order valence-electron chi connectivity index (χ0n) is 11.6. The maximum atomic E-state index is 12.6. The van der Waals surface area contributed by atoms with Gasteiger partial charge in [0.15, 0.2) is 0 Å². The number of nitrogens with zero attached hydrogens (tertiary/aromatic N) is 2. The first-order valence-corrected chi connectivity index (χ1v) is 6.97. The fraction of sp³-hybridized carbons (Fsp3) is 0.500. The number of hydrogen-bond acceptors (Lipinski definition) is 4. The lowest BCUT2D eigenvalue weighted by atomic mass is 9.96. The summed E-state index contributed by atoms with van der Waals surface area (Å²) in [4.78, 5) is 25.0. The Morgan fingerprint density at radius 1 is 1.33 bits per heavy atom. The average Bonchev–Trinajstić information content (AvgIpc) is 2.91. The minimum atomic E-state index is -0.364. The van der Waals surface area contributed by atoms with Gasteiger partial charge in [-0.2, -0.15) is 0 Å². The minimum absolute atomic E-state index is 0. The summed E-state index contributed by atoms with van der Waals surface area (Å²) in [6, 6.07) is 4.98. The molecule has 2 aliphatic rings. The quantitative estimate of drug-likeness (QED) is 0.668. The second-order valence-electron chi connectivity index (χ2n) is 5.30. The van der Waals surface area contributed by atoms with Crippen LogP contribution in [0.4, 0.5) is 11.4 Å². The fourth-order valence-electron chi connectivity index (χ4n) is 3.11. The molecule has 114 valence electrons. The normalized spacial score (nSPS) is 18.0. The van der Waals surface area contributed by atoms with E-state index in [1.165, 1.54) is 6.07 Å². The van der Waals surface area contributed by atoms with E-state index in [2.05, 4.69) is 5.32 Å². The summed E-state index contributed by atoms with van der Waals surface area (Å²) in [5.74, 6) is 0.159. The Kier molecular flexibility index (Phi) is 4.80. The van der Waals surface area contributed by atoms with Crippen molar-refractivity contribution < 1.29 is 9.72 Å². The van der Waals surface area contributed by atoms with Crippen molar-refractivity contribution >= 4 is 29.7 Å². The van der Waals surface area contributed by atoms with E-state index in [0.29, 0.717) is 18.5 Å². The molecule has 1 fully saturated rings. The Bertz CT molecular complexity index is 558. The Morgan fingerprint density at radius 3 is 2.71 bits per heavy atom. The van der Waals surface area contributed by atoms with Crippen LogP contribution in [0.3, 0.4) is 0 Å². The fourth-order valence-corrected chi connectivity index (χ4v) is 3.11. The Morgan fingerprint density at radius 2 is 2.05 bits per heavy atom. The molecule has 0 unspecified atom stereocenters. The largest absolute Gasteiger partial charge is 0.317 e. The highest BCUT2D eigenvalue weighted by atomic mass is 35.5. The Labute approximate surface area is 129 Å². The van der Waals surface area contributed by atoms with E-state index < -0.39 is 0 Å². The van der Waals surface area contributed by atoms with Gasteiger partial charge in [-0.3, -0.25) is 14.9 Å². The number of carbonyl (C=O) groups excluding carboxylic acids is 1. The van der Waals surface area contributed by atoms with E-state index in [9.17, 15) is 14.9 Å². The van der Waals surface area contributed by atoms with Gasteiger partial charge in [-0.15, -0.1) is 12.4 Å². The van der Waals surface area contributed by atoms with Crippen LogP contribution in [0.1, 0.15) is 18.4 Å². The van der Waals surface area contributed by atoms with Gasteiger partial charge in [-0.05, 0) is 38.4 Å². The van der Waals surface area contributed by atoms with Crippen LogP contribution < -0.4 is 10.2 Å². The predicted molar refractivity (Wildman–Crippen MR) is 82.0 cm³/mol. The van der Waals surface area contributed by atoms with Crippen molar-refractivity contribution in [3.63, 3.8) is 0 Å². The second kappa shape index (κ2) is 6.41. The zero-order valence-corrected chi connectivity index (χ0v) is 12.4. The van der Waals surface area contributed by atoms with Gasteiger partial charge in [0.2, 0.25) is 5.91 Å². The topological polar surface area (TPSA) is 75.5 Å². The number of halogens is 1. The summed E-state index contributed by atoms with van der Waals surface area (Å²) < 4.78 is 0. The number of fused-ring (bicyclic) bond motifs is 1. The third-order valence-corrected chi connectivity index (χ3v) is 4.15. The molecule has 0 atom stereocenters. The standard InChI is InChI=1S/C14H17N3O3.ClH/c18-14(10-4-7-15-8-5-10)16-9-6-11-12(16)2-1-3-13(11)17(19)20;/h1-3,10,15H,4-9H2;1H. The number of nitrogens with one attached hydrogen (secondary N) is 1. The highest BCUT2D eigenvalue weighted by Gasteiger charge is 2.33. The molecule has 0 spiro atoms. The van der Waals surface area contributed by atoms with Crippen LogP contribution in [0, 0.1) is 16.0 Å². The maximum absolute atomic E-state index is 12.6. The van der Waals surface area contributed by atoms with E-state index in [4.69, 9.17) is 0 Å². The molecule has 21 heavy (non-hydrogen) atoms. The molecule has 7 heteroatoms. The van der Waals surface area contributed by atoms with Crippen LogP contribution in [-0.4, -0.2) is 30.5 Å². The lowest BCUT2D eigenvalue weighted by Gasteiger charge is -2.27. The van der Waals surface area contributed by atoms with Crippen molar-refractivity contribution in [1.29, 1.82) is 0 Å². The van der Waals surface area contributed by atoms with E-state index in [-0.39, 0.29) is 34.8 Å². The number of nitro groups is 1. The molecule has 3 rings (SSSR count). The van der Waals surface area contributed by atoms with Crippen molar-refractivity contribution in [2.75, 3.05) is 24.5 Å². The average molecular weight is 312 g/mol. The van der Waals surface area contributed by atoms with Crippen LogP contribution in [0.15, 0.2) is 18.2 Å². The van der Waals surface area contributed by atoms with Crippen molar-refractivity contribution in [3.05, 3.63) is 33.9 Å². The predicted octanol–water partition coefficient (Wildman–Crippen LogP) is 1.91. The number of piperidine rings is 1. The summed E-state index contributed by atoms with van der Waals surface area (Å²) in [6.07, 6.45) is 2.27. The van der Waals surface area contributed by atoms with Gasteiger partial charge in [-0.25, -0.2) is 0 Å². The summed E-state index contributed by atoms with van der Waals surface area (Å²) in [5.41, 5.74) is 1.55. The molecule has 0 bridgehead atoms. The van der Waals surface area contributed by atoms with Crippen molar-refractivity contribution in [3.8, 4) is 0 Å². The number of hydrogen-bond donors (Lipinski definition) is 1. The minimum Gasteiger partial charge on any atom is -0.317 e. The molecule has 0 saturated carbocycles. The van der Waals surface area contributed by atoms with Gasteiger partial charge in [0.1, 0.15) is 0 Å². The summed E-state index contributed by atoms with van der Waals surface area (Å²) >= 11 is 0. The molecule has 1 N–H and O–H groups in total. The van der Waals surface area contributed by atoms with Crippen LogP contribution in [0.5, 0.6) is 0 Å². The summed E-state index contributed by atoms with van der Waals surface area (Å²) in [6.45, 7) is 2.29. The molecule has 1 amide bonds. The van der Waals surface area contributed by atoms with Crippen LogP contribution in [0.25, 0.3) is 0 Å². The van der Waals surface area contributed by atoms with Gasteiger partial charge in [0, 0.05) is 18.5 Å². The maximum Gasteiger partial charge on any atom is 0.274 e. The SMILES string of the molecule is Cl.O=C(C1CCNCC1)N1CCc2c1cccc2[N+](=O)[O-]. The number of rotatable bonds is 2. The molecular weight excluding hydrogens is 294 g/mol.